The molecule has 0 aliphatic heterocycles. The van der Waals surface area contributed by atoms with Crippen LogP contribution < -0.4 is 5.73 Å². The highest BCUT2D eigenvalue weighted by Gasteiger charge is 2.39. The molecule has 1 aromatic rings. The number of halogens is 2. The summed E-state index contributed by atoms with van der Waals surface area (Å²) in [6.07, 6.45) is 2.45. The molecule has 76 valence electrons. The molecule has 14 heavy (non-hydrogen) atoms. The van der Waals surface area contributed by atoms with E-state index in [-0.39, 0.29) is 11.3 Å². The normalized spacial score (nSPS) is 19.1. The van der Waals surface area contributed by atoms with Gasteiger partial charge in [0.25, 0.3) is 0 Å². The van der Waals surface area contributed by atoms with Gasteiger partial charge >= 0.3 is 0 Å². The maximum Gasteiger partial charge on any atom is 0.137 e. The third-order valence-corrected chi connectivity index (χ3v) is 3.46. The van der Waals surface area contributed by atoms with Crippen molar-refractivity contribution in [3.05, 3.63) is 28.0 Å². The zero-order chi connectivity index (χ0) is 10.3. The monoisotopic (exact) mass is 259 g/mol. The molecular weight excluding hydrogens is 249 g/mol. The number of nitrogens with two attached hydrogens (primary N) is 1. The zero-order valence-corrected chi connectivity index (χ0v) is 9.14. The van der Waals surface area contributed by atoms with Gasteiger partial charge in [-0.3, -0.25) is 0 Å². The van der Waals surface area contributed by atoms with Crippen molar-refractivity contribution in [3.8, 4) is 5.75 Å². The Kier molecular flexibility index (Phi) is 2.27. The smallest absolute Gasteiger partial charge is 0.137 e. The molecule has 1 aliphatic carbocycles. The van der Waals surface area contributed by atoms with Crippen LogP contribution in [0.4, 0.5) is 4.39 Å². The molecular formula is C10H11BrFNO. The van der Waals surface area contributed by atoms with Crippen LogP contribution in [0.1, 0.15) is 24.8 Å². The van der Waals surface area contributed by atoms with Crippen LogP contribution in [0.5, 0.6) is 5.75 Å². The number of benzene rings is 1. The minimum Gasteiger partial charge on any atom is -0.506 e. The summed E-state index contributed by atoms with van der Waals surface area (Å²) in [5, 5.41) is 9.71. The summed E-state index contributed by atoms with van der Waals surface area (Å²) in [4.78, 5) is 0. The van der Waals surface area contributed by atoms with E-state index in [2.05, 4.69) is 15.9 Å². The van der Waals surface area contributed by atoms with Gasteiger partial charge < -0.3 is 10.8 Å². The summed E-state index contributed by atoms with van der Waals surface area (Å²) >= 11 is 3.15. The van der Waals surface area contributed by atoms with Gasteiger partial charge in [0.15, 0.2) is 0 Å². The summed E-state index contributed by atoms with van der Waals surface area (Å²) in [5.74, 6) is -0.486. The van der Waals surface area contributed by atoms with E-state index < -0.39 is 11.4 Å². The fraction of sp³-hybridized carbons (Fsp3) is 0.400. The van der Waals surface area contributed by atoms with Gasteiger partial charge in [0.05, 0.1) is 10.0 Å². The summed E-state index contributed by atoms with van der Waals surface area (Å²) in [6.45, 7) is 0. The van der Waals surface area contributed by atoms with E-state index in [4.69, 9.17) is 5.73 Å². The third-order valence-electron chi connectivity index (χ3n) is 2.82. The maximum absolute atomic E-state index is 13.5. The van der Waals surface area contributed by atoms with Crippen molar-refractivity contribution < 1.29 is 9.50 Å². The average molecular weight is 260 g/mol. The number of hydrogen-bond donors (Lipinski definition) is 2. The van der Waals surface area contributed by atoms with E-state index in [9.17, 15) is 9.50 Å². The molecule has 3 N–H and O–H groups in total. The number of phenolic OH excluding ortho intramolecular Hbond substituents is 1. The Balaban J connectivity index is 2.56. The summed E-state index contributed by atoms with van der Waals surface area (Å²) < 4.78 is 14.0. The molecule has 0 spiro atoms. The Hall–Kier alpha value is -0.610. The second-order valence-electron chi connectivity index (χ2n) is 3.76. The Labute approximate surface area is 90.1 Å². The van der Waals surface area contributed by atoms with E-state index in [1.807, 2.05) is 0 Å². The molecule has 4 heteroatoms. The van der Waals surface area contributed by atoms with Crippen molar-refractivity contribution in [3.63, 3.8) is 0 Å². The minimum absolute atomic E-state index is 0.0628. The number of phenols is 1. The van der Waals surface area contributed by atoms with E-state index in [1.54, 1.807) is 0 Å². The quantitative estimate of drug-likeness (QED) is 0.815. The SMILES string of the molecule is NC1(c2c(F)ccc(Br)c2O)CCC1. The molecule has 0 radical (unpaired) electrons. The molecule has 1 fully saturated rings. The minimum atomic E-state index is -0.669. The molecule has 1 aromatic carbocycles. The number of aromatic hydroxyl groups is 1. The van der Waals surface area contributed by atoms with Gasteiger partial charge in [-0.15, -0.1) is 0 Å². The highest BCUT2D eigenvalue weighted by atomic mass is 79.9. The summed E-state index contributed by atoms with van der Waals surface area (Å²) in [7, 11) is 0. The lowest BCUT2D eigenvalue weighted by Crippen LogP contribution is -2.44. The fourth-order valence-corrected chi connectivity index (χ4v) is 2.15. The van der Waals surface area contributed by atoms with Gasteiger partial charge in [0.1, 0.15) is 11.6 Å². The van der Waals surface area contributed by atoms with Crippen LogP contribution in [0.25, 0.3) is 0 Å². The predicted molar refractivity (Wildman–Crippen MR) is 55.5 cm³/mol. The van der Waals surface area contributed by atoms with Gasteiger partial charge in [-0.25, -0.2) is 4.39 Å². The molecule has 0 saturated heterocycles. The molecule has 1 saturated carbocycles. The number of rotatable bonds is 1. The molecule has 0 heterocycles. The van der Waals surface area contributed by atoms with Gasteiger partial charge in [0, 0.05) is 5.54 Å². The average Bonchev–Trinajstić information content (AvgIpc) is 2.09. The Bertz CT molecular complexity index is 377. The molecule has 1 aliphatic rings. The van der Waals surface area contributed by atoms with Crippen molar-refractivity contribution in [2.45, 2.75) is 24.8 Å². The molecule has 0 amide bonds. The van der Waals surface area contributed by atoms with E-state index in [0.29, 0.717) is 4.47 Å². The van der Waals surface area contributed by atoms with E-state index in [1.165, 1.54) is 12.1 Å². The van der Waals surface area contributed by atoms with Crippen LogP contribution in [-0.2, 0) is 5.54 Å². The summed E-state index contributed by atoms with van der Waals surface area (Å²) in [6, 6.07) is 2.81. The Morgan fingerprint density at radius 2 is 2.07 bits per heavy atom. The van der Waals surface area contributed by atoms with Crippen molar-refractivity contribution in [2.75, 3.05) is 0 Å². The Morgan fingerprint density at radius 3 is 2.57 bits per heavy atom. The van der Waals surface area contributed by atoms with Crippen LogP contribution in [0.3, 0.4) is 0 Å². The molecule has 0 bridgehead atoms. The van der Waals surface area contributed by atoms with Gasteiger partial charge in [0.2, 0.25) is 0 Å². The lowest BCUT2D eigenvalue weighted by molar-refractivity contribution is 0.236. The first-order valence-electron chi connectivity index (χ1n) is 4.51. The Morgan fingerprint density at radius 1 is 1.43 bits per heavy atom. The second-order valence-corrected chi connectivity index (χ2v) is 4.62. The zero-order valence-electron chi connectivity index (χ0n) is 7.56. The van der Waals surface area contributed by atoms with Gasteiger partial charge in [-0.1, -0.05) is 0 Å². The molecule has 2 nitrogen and oxygen atoms in total. The van der Waals surface area contributed by atoms with E-state index in [0.717, 1.165) is 19.3 Å². The van der Waals surface area contributed by atoms with Crippen LogP contribution in [-0.4, -0.2) is 5.11 Å². The third kappa shape index (κ3) is 1.33. The maximum atomic E-state index is 13.5. The lowest BCUT2D eigenvalue weighted by Gasteiger charge is -2.39. The van der Waals surface area contributed by atoms with E-state index >= 15 is 0 Å². The second kappa shape index (κ2) is 3.21. The lowest BCUT2D eigenvalue weighted by atomic mass is 9.72. The molecule has 0 unspecified atom stereocenters. The van der Waals surface area contributed by atoms with Crippen molar-refractivity contribution in [2.24, 2.45) is 5.73 Å². The van der Waals surface area contributed by atoms with Gasteiger partial charge in [-0.05, 0) is 47.3 Å². The highest BCUT2D eigenvalue weighted by molar-refractivity contribution is 9.10. The molecule has 0 atom stereocenters. The molecule has 0 aromatic heterocycles. The fourth-order valence-electron chi connectivity index (χ4n) is 1.82. The van der Waals surface area contributed by atoms with Crippen LogP contribution in [0.15, 0.2) is 16.6 Å². The van der Waals surface area contributed by atoms with Crippen molar-refractivity contribution in [1.29, 1.82) is 0 Å². The van der Waals surface area contributed by atoms with Gasteiger partial charge in [-0.2, -0.15) is 0 Å². The van der Waals surface area contributed by atoms with Crippen LogP contribution in [0, 0.1) is 5.82 Å². The topological polar surface area (TPSA) is 46.2 Å². The van der Waals surface area contributed by atoms with Crippen LogP contribution >= 0.6 is 15.9 Å². The summed E-state index contributed by atoms with van der Waals surface area (Å²) in [5.41, 5.74) is 5.55. The first-order chi connectivity index (χ1) is 6.54. The standard InChI is InChI=1S/C10H11BrFNO/c11-6-2-3-7(12)8(9(6)14)10(13)4-1-5-10/h2-3,14H,1,4-5,13H2. The van der Waals surface area contributed by atoms with Crippen LogP contribution in [0.2, 0.25) is 0 Å². The molecule has 2 rings (SSSR count). The first kappa shape index (κ1) is 9.93. The van der Waals surface area contributed by atoms with Crippen molar-refractivity contribution >= 4 is 15.9 Å². The highest BCUT2D eigenvalue weighted by Crippen LogP contribution is 2.45. The first-order valence-corrected chi connectivity index (χ1v) is 5.30. The predicted octanol–water partition coefficient (Wildman–Crippen LogP) is 2.63. The number of hydrogen-bond acceptors (Lipinski definition) is 2. The van der Waals surface area contributed by atoms with Crippen molar-refractivity contribution in [1.82, 2.24) is 0 Å². The largest absolute Gasteiger partial charge is 0.506 e.